The number of alkyl halides is 3. The normalized spacial score (nSPS) is 13.4. The third-order valence-electron chi connectivity index (χ3n) is 5.96. The van der Waals surface area contributed by atoms with Crippen LogP contribution in [0.1, 0.15) is 32.6 Å². The molecule has 0 unspecified atom stereocenters. The van der Waals surface area contributed by atoms with Crippen molar-refractivity contribution in [2.24, 2.45) is 0 Å². The van der Waals surface area contributed by atoms with Crippen LogP contribution in [0.5, 0.6) is 5.75 Å². The summed E-state index contributed by atoms with van der Waals surface area (Å²) in [6.07, 6.45) is -4.01. The summed E-state index contributed by atoms with van der Waals surface area (Å²) in [7, 11) is 0. The van der Waals surface area contributed by atoms with Gasteiger partial charge < -0.3 is 10.1 Å². The maximum Gasteiger partial charge on any atom is 0.573 e. The molecule has 198 valence electrons. The standard InChI is InChI=1S/C25H21F3N4O6/c26-25(27,28)38-23-5-2-16(3-6-23)14-30-8-7-18-9-17(1-4-19(18)15-30)13-29-24(33)20-10-21(31(34)35)12-22(11-20)32(36)37/h1-6,9-12H,7-8,13-15H2,(H,29,33). The monoisotopic (exact) mass is 530 g/mol. The molecule has 13 heteroatoms. The number of carbonyl (C=O) groups excluding carboxylic acids is 1. The Balaban J connectivity index is 1.36. The van der Waals surface area contributed by atoms with Gasteiger partial charge in [0.2, 0.25) is 0 Å². The Kier molecular flexibility index (Phi) is 7.57. The van der Waals surface area contributed by atoms with E-state index >= 15 is 0 Å². The lowest BCUT2D eigenvalue weighted by molar-refractivity contribution is -0.394. The van der Waals surface area contributed by atoms with Gasteiger partial charge in [-0.25, -0.2) is 0 Å². The van der Waals surface area contributed by atoms with Crippen molar-refractivity contribution in [3.8, 4) is 5.75 Å². The number of carbonyl (C=O) groups is 1. The Hall–Kier alpha value is -4.52. The number of fused-ring (bicyclic) bond motifs is 1. The fraction of sp³-hybridized carbons (Fsp3) is 0.240. The van der Waals surface area contributed by atoms with Crippen LogP contribution in [0.25, 0.3) is 0 Å². The Morgan fingerprint density at radius 2 is 1.55 bits per heavy atom. The van der Waals surface area contributed by atoms with Crippen molar-refractivity contribution in [1.29, 1.82) is 0 Å². The molecule has 1 amide bonds. The first-order valence-electron chi connectivity index (χ1n) is 11.4. The topological polar surface area (TPSA) is 128 Å². The largest absolute Gasteiger partial charge is 0.573 e. The zero-order valence-electron chi connectivity index (χ0n) is 19.7. The summed E-state index contributed by atoms with van der Waals surface area (Å²) in [5.74, 6) is -0.944. The summed E-state index contributed by atoms with van der Waals surface area (Å²) in [6, 6.07) is 14.2. The van der Waals surface area contributed by atoms with Crippen molar-refractivity contribution in [3.05, 3.63) is 109 Å². The Labute approximate surface area is 213 Å². The van der Waals surface area contributed by atoms with Gasteiger partial charge in [0.15, 0.2) is 0 Å². The summed E-state index contributed by atoms with van der Waals surface area (Å²) in [5, 5.41) is 24.8. The average Bonchev–Trinajstić information content (AvgIpc) is 2.87. The lowest BCUT2D eigenvalue weighted by atomic mass is 9.97. The molecule has 3 aromatic carbocycles. The Morgan fingerprint density at radius 3 is 2.16 bits per heavy atom. The minimum Gasteiger partial charge on any atom is -0.406 e. The molecule has 1 heterocycles. The molecule has 0 atom stereocenters. The third-order valence-corrected chi connectivity index (χ3v) is 5.96. The summed E-state index contributed by atoms with van der Waals surface area (Å²) >= 11 is 0. The van der Waals surface area contributed by atoms with E-state index in [-0.39, 0.29) is 17.9 Å². The number of hydrogen-bond acceptors (Lipinski definition) is 7. The van der Waals surface area contributed by atoms with Gasteiger partial charge in [-0.2, -0.15) is 0 Å². The number of nitrogens with zero attached hydrogens (tertiary/aromatic N) is 3. The molecule has 1 aliphatic rings. The highest BCUT2D eigenvalue weighted by molar-refractivity contribution is 5.95. The second kappa shape index (κ2) is 10.8. The van der Waals surface area contributed by atoms with Gasteiger partial charge >= 0.3 is 6.36 Å². The quantitative estimate of drug-likeness (QED) is 0.324. The van der Waals surface area contributed by atoms with Crippen molar-refractivity contribution in [3.63, 3.8) is 0 Å². The molecule has 0 aromatic heterocycles. The summed E-state index contributed by atoms with van der Waals surface area (Å²) in [5.41, 5.74) is 2.54. The van der Waals surface area contributed by atoms with Crippen LogP contribution in [0.15, 0.2) is 60.7 Å². The predicted octanol–water partition coefficient (Wildman–Crippen LogP) is 4.89. The van der Waals surface area contributed by atoms with E-state index in [2.05, 4.69) is 15.0 Å². The van der Waals surface area contributed by atoms with E-state index in [0.717, 1.165) is 53.4 Å². The van der Waals surface area contributed by atoms with Crippen molar-refractivity contribution in [2.75, 3.05) is 6.54 Å². The second-order valence-electron chi connectivity index (χ2n) is 8.69. The molecular formula is C25H21F3N4O6. The molecule has 4 rings (SSSR count). The highest BCUT2D eigenvalue weighted by Gasteiger charge is 2.31. The van der Waals surface area contributed by atoms with Crippen LogP contribution < -0.4 is 10.1 Å². The van der Waals surface area contributed by atoms with Crippen LogP contribution >= 0.6 is 0 Å². The molecular weight excluding hydrogens is 509 g/mol. The van der Waals surface area contributed by atoms with Gasteiger partial charge in [-0.05, 0) is 40.8 Å². The van der Waals surface area contributed by atoms with E-state index in [9.17, 15) is 38.2 Å². The summed E-state index contributed by atoms with van der Waals surface area (Å²) in [6.45, 7) is 2.04. The van der Waals surface area contributed by atoms with E-state index in [1.165, 1.54) is 12.1 Å². The first-order valence-corrected chi connectivity index (χ1v) is 11.4. The molecule has 10 nitrogen and oxygen atoms in total. The number of non-ortho nitro benzene ring substituents is 2. The number of ether oxygens (including phenoxy) is 1. The zero-order valence-corrected chi connectivity index (χ0v) is 19.7. The lowest BCUT2D eigenvalue weighted by Crippen LogP contribution is -2.30. The van der Waals surface area contributed by atoms with Crippen molar-refractivity contribution < 1.29 is 32.5 Å². The van der Waals surface area contributed by atoms with Crippen LogP contribution in [0.3, 0.4) is 0 Å². The number of nitro groups is 2. The van der Waals surface area contributed by atoms with Gasteiger partial charge in [-0.3, -0.25) is 29.9 Å². The molecule has 38 heavy (non-hydrogen) atoms. The SMILES string of the molecule is O=C(NCc1ccc2c(c1)CCN(Cc1ccc(OC(F)(F)F)cc1)C2)c1cc([N+](=O)[O-])cc([N+](=O)[O-])c1. The molecule has 1 N–H and O–H groups in total. The molecule has 0 radical (unpaired) electrons. The van der Waals surface area contributed by atoms with Crippen LogP contribution in [-0.2, 0) is 26.1 Å². The fourth-order valence-electron chi connectivity index (χ4n) is 4.19. The van der Waals surface area contributed by atoms with Gasteiger partial charge in [0, 0.05) is 38.3 Å². The number of hydrogen-bond donors (Lipinski definition) is 1. The molecule has 0 fully saturated rings. The first kappa shape index (κ1) is 26.5. The summed E-state index contributed by atoms with van der Waals surface area (Å²) in [4.78, 5) is 35.2. The van der Waals surface area contributed by atoms with Crippen LogP contribution in [0.2, 0.25) is 0 Å². The fourth-order valence-corrected chi connectivity index (χ4v) is 4.19. The number of nitro benzene ring substituents is 2. The first-order chi connectivity index (χ1) is 18.0. The number of nitrogens with one attached hydrogen (secondary N) is 1. The molecule has 0 bridgehead atoms. The highest BCUT2D eigenvalue weighted by Crippen LogP contribution is 2.26. The molecule has 0 spiro atoms. The number of amides is 1. The molecule has 0 saturated heterocycles. The van der Waals surface area contributed by atoms with Crippen molar-refractivity contribution in [1.82, 2.24) is 10.2 Å². The average molecular weight is 530 g/mol. The van der Waals surface area contributed by atoms with Gasteiger partial charge in [0.25, 0.3) is 17.3 Å². The minimum atomic E-state index is -4.73. The predicted molar refractivity (Wildman–Crippen MR) is 128 cm³/mol. The van der Waals surface area contributed by atoms with Crippen LogP contribution in [0, 0.1) is 20.2 Å². The van der Waals surface area contributed by atoms with Gasteiger partial charge in [-0.15, -0.1) is 13.2 Å². The maximum absolute atomic E-state index is 12.5. The van der Waals surface area contributed by atoms with Gasteiger partial charge in [0.05, 0.1) is 21.5 Å². The minimum absolute atomic E-state index is 0.124. The van der Waals surface area contributed by atoms with Crippen molar-refractivity contribution in [2.45, 2.75) is 32.4 Å². The van der Waals surface area contributed by atoms with E-state index < -0.39 is 33.5 Å². The number of halogens is 3. The molecule has 3 aromatic rings. The van der Waals surface area contributed by atoms with Crippen LogP contribution in [-0.4, -0.2) is 33.6 Å². The third kappa shape index (κ3) is 6.82. The lowest BCUT2D eigenvalue weighted by Gasteiger charge is -2.29. The van der Waals surface area contributed by atoms with E-state index in [1.54, 1.807) is 12.1 Å². The van der Waals surface area contributed by atoms with E-state index in [0.29, 0.717) is 13.1 Å². The smallest absolute Gasteiger partial charge is 0.406 e. The number of benzene rings is 3. The van der Waals surface area contributed by atoms with Gasteiger partial charge in [-0.1, -0.05) is 30.3 Å². The Morgan fingerprint density at radius 1 is 0.921 bits per heavy atom. The molecule has 0 aliphatic carbocycles. The second-order valence-corrected chi connectivity index (χ2v) is 8.69. The zero-order chi connectivity index (χ0) is 27.4. The van der Waals surface area contributed by atoms with E-state index in [1.807, 2.05) is 18.2 Å². The van der Waals surface area contributed by atoms with Crippen LogP contribution in [0.4, 0.5) is 24.5 Å². The Bertz CT molecular complexity index is 1350. The summed E-state index contributed by atoms with van der Waals surface area (Å²) < 4.78 is 40.9. The molecule has 1 aliphatic heterocycles. The van der Waals surface area contributed by atoms with Crippen molar-refractivity contribution >= 4 is 17.3 Å². The maximum atomic E-state index is 12.5. The highest BCUT2D eigenvalue weighted by atomic mass is 19.4. The molecule has 0 saturated carbocycles. The van der Waals surface area contributed by atoms with Gasteiger partial charge in [0.1, 0.15) is 5.75 Å². The van der Waals surface area contributed by atoms with E-state index in [4.69, 9.17) is 0 Å². The number of rotatable bonds is 8.